The van der Waals surface area contributed by atoms with Crippen molar-refractivity contribution in [2.24, 2.45) is 0 Å². The van der Waals surface area contributed by atoms with Crippen molar-refractivity contribution < 1.29 is 0 Å². The Bertz CT molecular complexity index is 1190. The number of fused-ring (bicyclic) bond motifs is 3. The maximum atomic E-state index is 13.0. The van der Waals surface area contributed by atoms with Gasteiger partial charge in [-0.05, 0) is 49.7 Å². The van der Waals surface area contributed by atoms with Gasteiger partial charge < -0.3 is 9.88 Å². The molecule has 0 atom stereocenters. The second-order valence-corrected chi connectivity index (χ2v) is 7.73. The van der Waals surface area contributed by atoms with Crippen molar-refractivity contribution in [2.45, 2.75) is 26.4 Å². The molecule has 0 aliphatic carbocycles. The summed E-state index contributed by atoms with van der Waals surface area (Å²) in [4.78, 5) is 13.0. The van der Waals surface area contributed by atoms with Gasteiger partial charge in [0.1, 0.15) is 5.52 Å². The topological polar surface area (TPSA) is 62.7 Å². The molecule has 0 aliphatic rings. The van der Waals surface area contributed by atoms with E-state index < -0.39 is 0 Å². The van der Waals surface area contributed by atoms with Crippen LogP contribution in [-0.2, 0) is 13.1 Å². The van der Waals surface area contributed by atoms with E-state index in [0.717, 1.165) is 40.6 Å². The molecule has 0 aliphatic heterocycles. The molecule has 144 valence electrons. The lowest BCUT2D eigenvalue weighted by Crippen LogP contribution is -2.24. The minimum absolute atomic E-state index is 0.00146. The second-order valence-electron chi connectivity index (χ2n) is 6.85. The van der Waals surface area contributed by atoms with Gasteiger partial charge in [-0.15, -0.1) is 0 Å². The van der Waals surface area contributed by atoms with Gasteiger partial charge in [-0.1, -0.05) is 41.4 Å². The first-order chi connectivity index (χ1) is 13.5. The Labute approximate surface area is 172 Å². The lowest BCUT2D eigenvalue weighted by atomic mass is 10.1. The number of aryl methyl sites for hydroxylation is 2. The second kappa shape index (κ2) is 7.95. The lowest BCUT2D eigenvalue weighted by molar-refractivity contribution is 0.583. The molecule has 5 nitrogen and oxygen atoms in total. The summed E-state index contributed by atoms with van der Waals surface area (Å²) in [5.74, 6) is 0. The SMILES string of the molecule is Cc1[nH]nc2c1c(=O)n(CCCNCc1cc(Cl)cc(Cl)c1)c1ccccc21. The minimum atomic E-state index is 0.00146. The van der Waals surface area contributed by atoms with E-state index in [2.05, 4.69) is 15.5 Å². The van der Waals surface area contributed by atoms with Crippen molar-refractivity contribution in [1.29, 1.82) is 0 Å². The molecule has 0 unspecified atom stereocenters. The van der Waals surface area contributed by atoms with Gasteiger partial charge >= 0.3 is 0 Å². The molecule has 2 heterocycles. The highest BCUT2D eigenvalue weighted by Crippen LogP contribution is 2.22. The molecular formula is C21H20Cl2N4O. The quantitative estimate of drug-likeness (QED) is 0.450. The third-order valence-corrected chi connectivity index (χ3v) is 5.28. The van der Waals surface area contributed by atoms with Crippen molar-refractivity contribution in [3.05, 3.63) is 74.1 Å². The van der Waals surface area contributed by atoms with Crippen LogP contribution in [0.3, 0.4) is 0 Å². The third kappa shape index (κ3) is 3.65. The molecule has 7 heteroatoms. The van der Waals surface area contributed by atoms with Gasteiger partial charge in [0.2, 0.25) is 0 Å². The largest absolute Gasteiger partial charge is 0.313 e. The van der Waals surface area contributed by atoms with E-state index >= 15 is 0 Å². The number of para-hydroxylation sites is 1. The van der Waals surface area contributed by atoms with Gasteiger partial charge in [0, 0.05) is 34.2 Å². The highest BCUT2D eigenvalue weighted by molar-refractivity contribution is 6.34. The standard InChI is InChI=1S/C21H20Cl2N4O/c1-13-19-20(26-25-13)17-5-2-3-6-18(17)27(21(19)28)8-4-7-24-12-14-9-15(22)11-16(23)10-14/h2-3,5-6,9-11,24H,4,7-8,12H2,1H3,(H,25,26). The van der Waals surface area contributed by atoms with Crippen LogP contribution < -0.4 is 10.9 Å². The van der Waals surface area contributed by atoms with E-state index in [1.54, 1.807) is 6.07 Å². The normalized spacial score (nSPS) is 11.5. The number of nitrogens with zero attached hydrogens (tertiary/aromatic N) is 2. The number of nitrogens with one attached hydrogen (secondary N) is 2. The average molecular weight is 415 g/mol. The summed E-state index contributed by atoms with van der Waals surface area (Å²) >= 11 is 12.1. The molecule has 0 saturated carbocycles. The highest BCUT2D eigenvalue weighted by atomic mass is 35.5. The van der Waals surface area contributed by atoms with E-state index in [1.807, 2.05) is 47.9 Å². The van der Waals surface area contributed by atoms with Crippen molar-refractivity contribution >= 4 is 45.0 Å². The highest BCUT2D eigenvalue weighted by Gasteiger charge is 2.14. The number of H-pyrrole nitrogens is 1. The van der Waals surface area contributed by atoms with E-state index in [4.69, 9.17) is 23.2 Å². The summed E-state index contributed by atoms with van der Waals surface area (Å²) in [6.45, 7) is 3.96. The predicted molar refractivity (Wildman–Crippen MR) is 115 cm³/mol. The van der Waals surface area contributed by atoms with Crippen LogP contribution in [0, 0.1) is 6.92 Å². The van der Waals surface area contributed by atoms with Crippen LogP contribution in [0.5, 0.6) is 0 Å². The van der Waals surface area contributed by atoms with Gasteiger partial charge in [0.25, 0.3) is 5.56 Å². The maximum absolute atomic E-state index is 13.0. The number of benzene rings is 2. The molecule has 0 radical (unpaired) electrons. The molecule has 0 amide bonds. The van der Waals surface area contributed by atoms with Gasteiger partial charge in [-0.3, -0.25) is 9.89 Å². The van der Waals surface area contributed by atoms with Crippen LogP contribution >= 0.6 is 23.2 Å². The fourth-order valence-electron chi connectivity index (χ4n) is 3.57. The van der Waals surface area contributed by atoms with E-state index in [0.29, 0.717) is 28.5 Å². The Hall–Kier alpha value is -2.34. The molecule has 0 spiro atoms. The van der Waals surface area contributed by atoms with Crippen molar-refractivity contribution in [3.63, 3.8) is 0 Å². The van der Waals surface area contributed by atoms with E-state index in [-0.39, 0.29) is 5.56 Å². The van der Waals surface area contributed by atoms with Crippen LogP contribution in [0.2, 0.25) is 10.0 Å². The number of aromatic nitrogens is 3. The van der Waals surface area contributed by atoms with Crippen LogP contribution in [0.15, 0.2) is 47.3 Å². The van der Waals surface area contributed by atoms with Crippen molar-refractivity contribution in [3.8, 4) is 0 Å². The first-order valence-electron chi connectivity index (χ1n) is 9.16. The Kier molecular flexibility index (Phi) is 5.40. The molecule has 2 aromatic carbocycles. The Balaban J connectivity index is 1.51. The molecular weight excluding hydrogens is 395 g/mol. The number of aromatic amines is 1. The molecule has 4 aromatic rings. The lowest BCUT2D eigenvalue weighted by Gasteiger charge is -2.12. The predicted octanol–water partition coefficient (Wildman–Crippen LogP) is 4.67. The van der Waals surface area contributed by atoms with Gasteiger partial charge in [0.05, 0.1) is 10.9 Å². The first-order valence-corrected chi connectivity index (χ1v) is 9.92. The summed E-state index contributed by atoms with van der Waals surface area (Å²) in [7, 11) is 0. The number of rotatable bonds is 6. The Morgan fingerprint density at radius 3 is 2.68 bits per heavy atom. The molecule has 28 heavy (non-hydrogen) atoms. The van der Waals surface area contributed by atoms with Gasteiger partial charge in [0.15, 0.2) is 0 Å². The Morgan fingerprint density at radius 2 is 1.89 bits per heavy atom. The van der Waals surface area contributed by atoms with Crippen LogP contribution in [-0.4, -0.2) is 21.3 Å². The molecule has 0 saturated heterocycles. The van der Waals surface area contributed by atoms with Crippen LogP contribution in [0.4, 0.5) is 0 Å². The fourth-order valence-corrected chi connectivity index (χ4v) is 4.14. The number of pyridine rings is 1. The summed E-state index contributed by atoms with van der Waals surface area (Å²) in [6, 6.07) is 13.4. The number of hydrogen-bond acceptors (Lipinski definition) is 3. The Morgan fingerprint density at radius 1 is 1.14 bits per heavy atom. The summed E-state index contributed by atoms with van der Waals surface area (Å²) in [5.41, 5.74) is 3.49. The molecule has 0 fully saturated rings. The number of hydrogen-bond donors (Lipinski definition) is 2. The summed E-state index contributed by atoms with van der Waals surface area (Å²) < 4.78 is 1.85. The van der Waals surface area contributed by atoms with Crippen molar-refractivity contribution in [2.75, 3.05) is 6.54 Å². The monoisotopic (exact) mass is 414 g/mol. The smallest absolute Gasteiger partial charge is 0.262 e. The van der Waals surface area contributed by atoms with Crippen LogP contribution in [0.25, 0.3) is 21.8 Å². The molecule has 0 bridgehead atoms. The zero-order valence-electron chi connectivity index (χ0n) is 15.4. The van der Waals surface area contributed by atoms with Crippen molar-refractivity contribution in [1.82, 2.24) is 20.1 Å². The molecule has 2 aromatic heterocycles. The third-order valence-electron chi connectivity index (χ3n) is 4.84. The first kappa shape index (κ1) is 19.0. The van der Waals surface area contributed by atoms with Gasteiger partial charge in [-0.25, -0.2) is 0 Å². The average Bonchev–Trinajstić information content (AvgIpc) is 3.05. The zero-order valence-corrected chi connectivity index (χ0v) is 16.9. The molecule has 4 rings (SSSR count). The fraction of sp³-hybridized carbons (Fsp3) is 0.238. The molecule has 2 N–H and O–H groups in total. The van der Waals surface area contributed by atoms with Gasteiger partial charge in [-0.2, -0.15) is 5.10 Å². The summed E-state index contributed by atoms with van der Waals surface area (Å²) in [5, 5.41) is 13.6. The summed E-state index contributed by atoms with van der Waals surface area (Å²) in [6.07, 6.45) is 0.820. The van der Waals surface area contributed by atoms with E-state index in [1.165, 1.54) is 0 Å². The van der Waals surface area contributed by atoms with E-state index in [9.17, 15) is 4.79 Å². The zero-order chi connectivity index (χ0) is 19.7. The minimum Gasteiger partial charge on any atom is -0.313 e. The number of halogens is 2. The maximum Gasteiger partial charge on any atom is 0.262 e. The van der Waals surface area contributed by atoms with Crippen LogP contribution in [0.1, 0.15) is 17.7 Å².